The summed E-state index contributed by atoms with van der Waals surface area (Å²) in [6.45, 7) is 3.86. The SMILES string of the molecule is O=C(Cn1ncc2c3ccccc3n(Cc3ccccc3F)c2c1=O)NCCCN1CCCCCC1. The first-order valence-electron chi connectivity index (χ1n) is 12.8. The van der Waals surface area contributed by atoms with Gasteiger partial charge in [-0.1, -0.05) is 49.2 Å². The number of fused-ring (bicyclic) bond motifs is 3. The highest BCUT2D eigenvalue weighted by Gasteiger charge is 2.18. The number of para-hydroxylation sites is 1. The van der Waals surface area contributed by atoms with Gasteiger partial charge in [-0.25, -0.2) is 9.07 Å². The second kappa shape index (κ2) is 11.0. The van der Waals surface area contributed by atoms with Crippen molar-refractivity contribution in [2.24, 2.45) is 0 Å². The number of halogens is 1. The number of benzene rings is 2. The molecule has 188 valence electrons. The minimum Gasteiger partial charge on any atom is -0.354 e. The number of nitrogens with one attached hydrogen (secondary N) is 1. The highest BCUT2D eigenvalue weighted by Crippen LogP contribution is 2.27. The van der Waals surface area contributed by atoms with Crippen LogP contribution in [0.15, 0.2) is 59.5 Å². The molecule has 2 aromatic heterocycles. The second-order valence-corrected chi connectivity index (χ2v) is 9.52. The number of aromatic nitrogens is 3. The molecule has 1 saturated heterocycles. The van der Waals surface area contributed by atoms with Gasteiger partial charge in [0.15, 0.2) is 0 Å². The van der Waals surface area contributed by atoms with Gasteiger partial charge >= 0.3 is 0 Å². The molecule has 0 saturated carbocycles. The number of amides is 1. The van der Waals surface area contributed by atoms with Crippen molar-refractivity contribution in [1.29, 1.82) is 0 Å². The van der Waals surface area contributed by atoms with Gasteiger partial charge in [0.2, 0.25) is 5.91 Å². The molecule has 1 fully saturated rings. The summed E-state index contributed by atoms with van der Waals surface area (Å²) >= 11 is 0. The van der Waals surface area contributed by atoms with Crippen LogP contribution in [0.5, 0.6) is 0 Å². The van der Waals surface area contributed by atoms with Gasteiger partial charge in [-0.2, -0.15) is 5.10 Å². The van der Waals surface area contributed by atoms with Crippen molar-refractivity contribution < 1.29 is 9.18 Å². The van der Waals surface area contributed by atoms with Crippen molar-refractivity contribution in [2.75, 3.05) is 26.2 Å². The summed E-state index contributed by atoms with van der Waals surface area (Å²) in [7, 11) is 0. The lowest BCUT2D eigenvalue weighted by Crippen LogP contribution is -2.35. The summed E-state index contributed by atoms with van der Waals surface area (Å²) in [5, 5.41) is 8.79. The Labute approximate surface area is 209 Å². The van der Waals surface area contributed by atoms with Crippen molar-refractivity contribution >= 4 is 27.7 Å². The van der Waals surface area contributed by atoms with Crippen LogP contribution in [0, 0.1) is 5.82 Å². The van der Waals surface area contributed by atoms with E-state index in [1.54, 1.807) is 24.4 Å². The third kappa shape index (κ3) is 5.18. The first-order chi connectivity index (χ1) is 17.6. The fourth-order valence-corrected chi connectivity index (χ4v) is 5.15. The van der Waals surface area contributed by atoms with Gasteiger partial charge in [0.1, 0.15) is 17.9 Å². The smallest absolute Gasteiger partial charge is 0.291 e. The highest BCUT2D eigenvalue weighted by atomic mass is 19.1. The van der Waals surface area contributed by atoms with Gasteiger partial charge < -0.3 is 14.8 Å². The molecule has 1 aliphatic heterocycles. The lowest BCUT2D eigenvalue weighted by atomic mass is 10.2. The van der Waals surface area contributed by atoms with Crippen molar-refractivity contribution in [3.05, 3.63) is 76.5 Å². The molecule has 0 bridgehead atoms. The molecular weight excluding hydrogens is 457 g/mol. The molecule has 1 amide bonds. The van der Waals surface area contributed by atoms with Crippen LogP contribution in [0.2, 0.25) is 0 Å². The quantitative estimate of drug-likeness (QED) is 0.381. The number of rotatable bonds is 8. The molecule has 0 aliphatic carbocycles. The van der Waals surface area contributed by atoms with E-state index in [0.29, 0.717) is 23.0 Å². The normalized spacial score (nSPS) is 14.8. The number of carbonyl (C=O) groups excluding carboxylic acids is 1. The van der Waals surface area contributed by atoms with Gasteiger partial charge in [-0.05, 0) is 51.0 Å². The molecule has 3 heterocycles. The minimum atomic E-state index is -0.361. The molecule has 36 heavy (non-hydrogen) atoms. The van der Waals surface area contributed by atoms with E-state index in [2.05, 4.69) is 15.3 Å². The Morgan fingerprint density at radius 1 is 0.972 bits per heavy atom. The summed E-state index contributed by atoms with van der Waals surface area (Å²) in [5.41, 5.74) is 1.37. The van der Waals surface area contributed by atoms with Crippen LogP contribution < -0.4 is 10.9 Å². The maximum atomic E-state index is 14.5. The van der Waals surface area contributed by atoms with Gasteiger partial charge in [0, 0.05) is 28.4 Å². The molecule has 8 heteroatoms. The van der Waals surface area contributed by atoms with E-state index in [1.807, 2.05) is 28.8 Å². The average Bonchev–Trinajstić information content (AvgIpc) is 3.01. The summed E-state index contributed by atoms with van der Waals surface area (Å²) in [5.74, 6) is -0.561. The Bertz CT molecular complexity index is 1420. The lowest BCUT2D eigenvalue weighted by molar-refractivity contribution is -0.121. The number of hydrogen-bond donors (Lipinski definition) is 1. The number of carbonyl (C=O) groups is 1. The standard InChI is InChI=1S/C28H32FN5O2/c29-24-12-5-3-10-21(24)19-33-25-13-6-4-11-22(25)23-18-31-34(28(36)27(23)33)20-26(35)30-14-9-17-32-15-7-1-2-8-16-32/h3-6,10-13,18H,1-2,7-9,14-17,19-20H2,(H,30,35). The van der Waals surface area contributed by atoms with Crippen LogP contribution in [-0.4, -0.2) is 51.3 Å². The summed E-state index contributed by atoms with van der Waals surface area (Å²) in [6.07, 6.45) is 7.61. The van der Waals surface area contributed by atoms with Gasteiger partial charge in [0.05, 0.1) is 12.7 Å². The molecule has 0 spiro atoms. The molecule has 2 aromatic carbocycles. The highest BCUT2D eigenvalue weighted by molar-refractivity contribution is 6.07. The van der Waals surface area contributed by atoms with Crippen LogP contribution in [-0.2, 0) is 17.9 Å². The van der Waals surface area contributed by atoms with E-state index in [4.69, 9.17) is 0 Å². The van der Waals surface area contributed by atoms with Crippen LogP contribution in [0.4, 0.5) is 4.39 Å². The molecule has 1 aliphatic rings. The summed E-state index contributed by atoms with van der Waals surface area (Å²) in [6, 6.07) is 14.2. The molecule has 4 aromatic rings. The van der Waals surface area contributed by atoms with E-state index in [-0.39, 0.29) is 30.4 Å². The third-order valence-electron chi connectivity index (χ3n) is 7.02. The summed E-state index contributed by atoms with van der Waals surface area (Å²) < 4.78 is 17.5. The maximum absolute atomic E-state index is 14.5. The zero-order chi connectivity index (χ0) is 24.9. The fraction of sp³-hybridized carbons (Fsp3) is 0.393. The second-order valence-electron chi connectivity index (χ2n) is 9.52. The third-order valence-corrected chi connectivity index (χ3v) is 7.02. The molecule has 5 rings (SSSR count). The maximum Gasteiger partial charge on any atom is 0.291 e. The molecular formula is C28H32FN5O2. The number of likely N-dealkylation sites (tertiary alicyclic amines) is 1. The number of hydrogen-bond acceptors (Lipinski definition) is 4. The topological polar surface area (TPSA) is 72.2 Å². The molecule has 0 unspecified atom stereocenters. The first-order valence-corrected chi connectivity index (χ1v) is 12.8. The van der Waals surface area contributed by atoms with Crippen LogP contribution in [0.1, 0.15) is 37.7 Å². The van der Waals surface area contributed by atoms with Crippen molar-refractivity contribution in [2.45, 2.75) is 45.2 Å². The van der Waals surface area contributed by atoms with Gasteiger partial charge in [0.25, 0.3) is 5.56 Å². The number of nitrogens with zero attached hydrogens (tertiary/aromatic N) is 4. The Hall–Kier alpha value is -3.52. The van der Waals surface area contributed by atoms with Crippen molar-refractivity contribution in [3.8, 4) is 0 Å². The Balaban J connectivity index is 1.34. The molecule has 7 nitrogen and oxygen atoms in total. The van der Waals surface area contributed by atoms with Crippen LogP contribution >= 0.6 is 0 Å². The van der Waals surface area contributed by atoms with E-state index < -0.39 is 0 Å². The minimum absolute atomic E-state index is 0.153. The van der Waals surface area contributed by atoms with Crippen LogP contribution in [0.3, 0.4) is 0 Å². The predicted octanol–water partition coefficient (Wildman–Crippen LogP) is 3.92. The molecule has 0 radical (unpaired) electrons. The Morgan fingerprint density at radius 3 is 2.53 bits per heavy atom. The zero-order valence-corrected chi connectivity index (χ0v) is 20.5. The molecule has 0 atom stereocenters. The van der Waals surface area contributed by atoms with E-state index in [0.717, 1.165) is 37.0 Å². The van der Waals surface area contributed by atoms with Crippen molar-refractivity contribution in [1.82, 2.24) is 24.6 Å². The predicted molar refractivity (Wildman–Crippen MR) is 140 cm³/mol. The van der Waals surface area contributed by atoms with E-state index in [1.165, 1.54) is 36.4 Å². The Morgan fingerprint density at radius 2 is 1.72 bits per heavy atom. The van der Waals surface area contributed by atoms with E-state index in [9.17, 15) is 14.0 Å². The van der Waals surface area contributed by atoms with Crippen LogP contribution in [0.25, 0.3) is 21.8 Å². The van der Waals surface area contributed by atoms with E-state index >= 15 is 0 Å². The summed E-state index contributed by atoms with van der Waals surface area (Å²) in [4.78, 5) is 28.6. The van der Waals surface area contributed by atoms with Gasteiger partial charge in [-0.15, -0.1) is 0 Å². The fourth-order valence-electron chi connectivity index (χ4n) is 5.15. The first kappa shape index (κ1) is 24.2. The zero-order valence-electron chi connectivity index (χ0n) is 20.5. The van der Waals surface area contributed by atoms with Crippen molar-refractivity contribution in [3.63, 3.8) is 0 Å². The average molecular weight is 490 g/mol. The molecule has 1 N–H and O–H groups in total. The lowest BCUT2D eigenvalue weighted by Gasteiger charge is -2.19. The van der Waals surface area contributed by atoms with Gasteiger partial charge in [-0.3, -0.25) is 9.59 Å². The monoisotopic (exact) mass is 489 g/mol. The largest absolute Gasteiger partial charge is 0.354 e. The Kier molecular flexibility index (Phi) is 7.41.